The summed E-state index contributed by atoms with van der Waals surface area (Å²) >= 11 is 0. The topological polar surface area (TPSA) is 18.5 Å². The van der Waals surface area contributed by atoms with Crippen LogP contribution in [-0.2, 0) is 16.1 Å². The number of halogens is 1. The Morgan fingerprint density at radius 2 is 2.25 bits per heavy atom. The van der Waals surface area contributed by atoms with E-state index in [1.807, 2.05) is 24.3 Å². The third-order valence-electron chi connectivity index (χ3n) is 2.34. The van der Waals surface area contributed by atoms with E-state index in [2.05, 4.69) is 6.07 Å². The van der Waals surface area contributed by atoms with Gasteiger partial charge in [-0.05, 0) is 19.3 Å². The van der Waals surface area contributed by atoms with Gasteiger partial charge in [-0.3, -0.25) is 0 Å². The normalized spacial score (nSPS) is 19.4. The summed E-state index contributed by atoms with van der Waals surface area (Å²) in [6.07, 6.45) is 3.39. The smallest absolute Gasteiger partial charge is 1.00 e. The van der Waals surface area contributed by atoms with Gasteiger partial charge in [0.2, 0.25) is 0 Å². The van der Waals surface area contributed by atoms with E-state index in [0.717, 1.165) is 25.0 Å². The maximum Gasteiger partial charge on any atom is 2.00 e. The second kappa shape index (κ2) is 9.42. The van der Waals surface area contributed by atoms with Crippen molar-refractivity contribution in [2.45, 2.75) is 32.2 Å². The van der Waals surface area contributed by atoms with Crippen LogP contribution < -0.4 is 17.0 Å². The fourth-order valence-electron chi connectivity index (χ4n) is 1.55. The van der Waals surface area contributed by atoms with Gasteiger partial charge < -0.3 is 26.5 Å². The summed E-state index contributed by atoms with van der Waals surface area (Å²) in [5.74, 6) is 0. The molecule has 1 aliphatic heterocycles. The minimum atomic E-state index is -0.00245. The van der Waals surface area contributed by atoms with E-state index in [0.29, 0.717) is 6.61 Å². The molecule has 1 saturated heterocycles. The molecule has 1 aromatic carbocycles. The Morgan fingerprint density at radius 1 is 1.38 bits per heavy atom. The number of hydrogen-bond donors (Lipinski definition) is 0. The van der Waals surface area contributed by atoms with Crippen LogP contribution in [0.2, 0.25) is 0 Å². The van der Waals surface area contributed by atoms with Gasteiger partial charge in [0.15, 0.2) is 6.29 Å². The molecule has 1 aliphatic rings. The van der Waals surface area contributed by atoms with Gasteiger partial charge in [0.05, 0.1) is 6.61 Å². The van der Waals surface area contributed by atoms with E-state index in [1.165, 1.54) is 6.42 Å². The van der Waals surface area contributed by atoms with Crippen molar-refractivity contribution in [1.82, 2.24) is 0 Å². The number of rotatable bonds is 3. The Hall–Kier alpha value is 0.386. The molecule has 1 unspecified atom stereocenters. The molecule has 1 aromatic rings. The molecule has 0 aliphatic carbocycles. The summed E-state index contributed by atoms with van der Waals surface area (Å²) in [6, 6.07) is 11.0. The van der Waals surface area contributed by atoms with E-state index in [9.17, 15) is 0 Å². The zero-order chi connectivity index (χ0) is 9.64. The molecule has 4 heteroatoms. The van der Waals surface area contributed by atoms with Crippen molar-refractivity contribution in [2.75, 3.05) is 6.61 Å². The van der Waals surface area contributed by atoms with E-state index in [1.54, 1.807) is 0 Å². The van der Waals surface area contributed by atoms with Crippen molar-refractivity contribution in [3.63, 3.8) is 0 Å². The Kier molecular flexibility index (Phi) is 9.65. The standard InChI is InChI=1S/C12H15O2.BrH.Mg/c1-2-6-11(7-3-1)10-14-12-8-4-5-9-13-12;;/h1-3,6,12H,4-5,8-10H2;1H;/q-1;;+2/p-1. The number of ether oxygens (including phenoxy) is 2. The van der Waals surface area contributed by atoms with Gasteiger partial charge in [-0.25, -0.2) is 0 Å². The second-order valence-electron chi connectivity index (χ2n) is 3.49. The zero-order valence-corrected chi connectivity index (χ0v) is 12.3. The number of hydrogen-bond acceptors (Lipinski definition) is 2. The van der Waals surface area contributed by atoms with Gasteiger partial charge in [0, 0.05) is 6.61 Å². The van der Waals surface area contributed by atoms with E-state index in [-0.39, 0.29) is 46.3 Å². The van der Waals surface area contributed by atoms with Crippen molar-refractivity contribution in [3.8, 4) is 0 Å². The molecule has 1 atom stereocenters. The van der Waals surface area contributed by atoms with Crippen molar-refractivity contribution in [3.05, 3.63) is 35.9 Å². The largest absolute Gasteiger partial charge is 2.00 e. The van der Waals surface area contributed by atoms with Crippen LogP contribution in [0.15, 0.2) is 24.3 Å². The van der Waals surface area contributed by atoms with Crippen LogP contribution in [0.3, 0.4) is 0 Å². The first-order chi connectivity index (χ1) is 6.95. The van der Waals surface area contributed by atoms with Crippen LogP contribution in [0.1, 0.15) is 24.8 Å². The Labute approximate surface area is 124 Å². The fourth-order valence-corrected chi connectivity index (χ4v) is 1.55. The molecule has 0 spiro atoms. The molecule has 16 heavy (non-hydrogen) atoms. The zero-order valence-electron chi connectivity index (χ0n) is 9.32. The first-order valence-corrected chi connectivity index (χ1v) is 5.14. The average Bonchev–Trinajstić information content (AvgIpc) is 2.29. The minimum absolute atomic E-state index is 0. The van der Waals surface area contributed by atoms with Crippen molar-refractivity contribution < 1.29 is 26.5 Å². The molecular formula is C12H15BrMgO2. The summed E-state index contributed by atoms with van der Waals surface area (Å²) in [7, 11) is 0. The minimum Gasteiger partial charge on any atom is -1.00 e. The summed E-state index contributed by atoms with van der Waals surface area (Å²) in [5.41, 5.74) is 1.08. The molecule has 0 bridgehead atoms. The molecule has 2 nitrogen and oxygen atoms in total. The maximum absolute atomic E-state index is 5.62. The van der Waals surface area contributed by atoms with Gasteiger partial charge in [0.1, 0.15) is 0 Å². The molecule has 2 rings (SSSR count). The summed E-state index contributed by atoms with van der Waals surface area (Å²) < 4.78 is 11.1. The van der Waals surface area contributed by atoms with Gasteiger partial charge >= 0.3 is 23.1 Å². The predicted molar refractivity (Wildman–Crippen MR) is 59.4 cm³/mol. The molecule has 0 aromatic heterocycles. The Bertz CT molecular complexity index is 263. The van der Waals surface area contributed by atoms with E-state index >= 15 is 0 Å². The van der Waals surface area contributed by atoms with Gasteiger partial charge in [-0.2, -0.15) is 30.3 Å². The first-order valence-electron chi connectivity index (χ1n) is 5.14. The molecular weight excluding hydrogens is 280 g/mol. The Balaban J connectivity index is 0.00000112. The molecule has 84 valence electrons. The molecule has 0 saturated carbocycles. The average molecular weight is 295 g/mol. The molecule has 0 amide bonds. The quantitative estimate of drug-likeness (QED) is 0.534. The molecule has 1 fully saturated rings. The molecule has 0 radical (unpaired) electrons. The SMILES string of the molecule is [Br-].[Mg+2].[c-]1ccccc1COC1CCCCO1. The first kappa shape index (κ1) is 16.4. The van der Waals surface area contributed by atoms with Gasteiger partial charge in [0.25, 0.3) is 0 Å². The third-order valence-corrected chi connectivity index (χ3v) is 2.34. The van der Waals surface area contributed by atoms with Crippen LogP contribution in [0.25, 0.3) is 0 Å². The number of benzene rings is 1. The monoisotopic (exact) mass is 294 g/mol. The van der Waals surface area contributed by atoms with Crippen molar-refractivity contribution in [2.24, 2.45) is 0 Å². The maximum atomic E-state index is 5.62. The van der Waals surface area contributed by atoms with Crippen LogP contribution >= 0.6 is 0 Å². The molecule has 0 N–H and O–H groups in total. The summed E-state index contributed by atoms with van der Waals surface area (Å²) in [4.78, 5) is 0. The fraction of sp³-hybridized carbons (Fsp3) is 0.500. The van der Waals surface area contributed by atoms with Crippen LogP contribution in [-0.4, -0.2) is 35.9 Å². The van der Waals surface area contributed by atoms with Crippen LogP contribution in [0, 0.1) is 6.07 Å². The second-order valence-corrected chi connectivity index (χ2v) is 3.49. The van der Waals surface area contributed by atoms with E-state index in [4.69, 9.17) is 9.47 Å². The van der Waals surface area contributed by atoms with Crippen molar-refractivity contribution in [1.29, 1.82) is 0 Å². The van der Waals surface area contributed by atoms with Gasteiger partial charge in [-0.1, -0.05) is 0 Å². The Morgan fingerprint density at radius 3 is 2.88 bits per heavy atom. The predicted octanol–water partition coefficient (Wildman–Crippen LogP) is -0.847. The third kappa shape index (κ3) is 5.64. The molecule has 1 heterocycles. The van der Waals surface area contributed by atoms with E-state index < -0.39 is 0 Å². The summed E-state index contributed by atoms with van der Waals surface area (Å²) in [6.45, 7) is 1.44. The van der Waals surface area contributed by atoms with Crippen LogP contribution in [0.4, 0.5) is 0 Å². The van der Waals surface area contributed by atoms with Crippen LogP contribution in [0.5, 0.6) is 0 Å². The van der Waals surface area contributed by atoms with Crippen molar-refractivity contribution >= 4 is 23.1 Å². The summed E-state index contributed by atoms with van der Waals surface area (Å²) in [5, 5.41) is 0. The van der Waals surface area contributed by atoms with Gasteiger partial charge in [-0.15, -0.1) is 5.56 Å².